The fourth-order valence-electron chi connectivity index (χ4n) is 4.18. The summed E-state index contributed by atoms with van der Waals surface area (Å²) in [7, 11) is 3.53. The summed E-state index contributed by atoms with van der Waals surface area (Å²) >= 11 is 0. The molecule has 0 aliphatic carbocycles. The van der Waals surface area contributed by atoms with Crippen LogP contribution in [0, 0.1) is 0 Å². The number of benzene rings is 1. The fourth-order valence-corrected chi connectivity index (χ4v) is 4.18. The number of aromatic nitrogens is 2. The van der Waals surface area contributed by atoms with Crippen molar-refractivity contribution in [3.05, 3.63) is 46.8 Å². The van der Waals surface area contributed by atoms with Crippen LogP contribution in [0.15, 0.2) is 24.3 Å². The number of amides is 2. The highest BCUT2D eigenvalue weighted by Crippen LogP contribution is 2.25. The van der Waals surface area contributed by atoms with Crippen LogP contribution in [-0.4, -0.2) is 71.4 Å². The van der Waals surface area contributed by atoms with E-state index in [-0.39, 0.29) is 11.8 Å². The van der Waals surface area contributed by atoms with Gasteiger partial charge < -0.3 is 19.3 Å². The van der Waals surface area contributed by atoms with E-state index in [4.69, 9.17) is 9.47 Å². The number of fused-ring (bicyclic) bond motifs is 1. The number of hydrogen-bond acceptors (Lipinski definition) is 5. The third kappa shape index (κ3) is 4.18. The van der Waals surface area contributed by atoms with E-state index in [0.717, 1.165) is 23.4 Å². The molecule has 4 rings (SSSR count). The van der Waals surface area contributed by atoms with Gasteiger partial charge in [0.05, 0.1) is 26.0 Å². The molecular formula is C22H28N4O4. The summed E-state index contributed by atoms with van der Waals surface area (Å²) in [5.74, 6) is 0.791. The van der Waals surface area contributed by atoms with Crippen molar-refractivity contribution in [1.29, 1.82) is 0 Å². The Morgan fingerprint density at radius 3 is 2.73 bits per heavy atom. The molecule has 0 atom stereocenters. The number of nitrogens with zero attached hydrogens (tertiary/aromatic N) is 4. The largest absolute Gasteiger partial charge is 0.497 e. The fraction of sp³-hybridized carbons (Fsp3) is 0.500. The van der Waals surface area contributed by atoms with Crippen molar-refractivity contribution in [3.8, 4) is 5.75 Å². The molecule has 0 radical (unpaired) electrons. The molecule has 3 heterocycles. The highest BCUT2D eigenvalue weighted by molar-refractivity contribution is 5.94. The number of ether oxygens (including phenoxy) is 2. The quantitative estimate of drug-likeness (QED) is 0.742. The number of carbonyl (C=O) groups excluding carboxylic acids is 2. The Kier molecular flexibility index (Phi) is 6.03. The zero-order chi connectivity index (χ0) is 21.1. The molecule has 2 aliphatic rings. The lowest BCUT2D eigenvalue weighted by atomic mass is 10.0. The van der Waals surface area contributed by atoms with Crippen molar-refractivity contribution in [3.63, 3.8) is 0 Å². The van der Waals surface area contributed by atoms with Gasteiger partial charge in [-0.05, 0) is 18.2 Å². The van der Waals surface area contributed by atoms with Gasteiger partial charge in [-0.3, -0.25) is 14.3 Å². The minimum atomic E-state index is -0.0150. The van der Waals surface area contributed by atoms with Gasteiger partial charge in [-0.1, -0.05) is 6.07 Å². The summed E-state index contributed by atoms with van der Waals surface area (Å²) in [6.45, 7) is 3.68. The predicted molar refractivity (Wildman–Crippen MR) is 110 cm³/mol. The molecule has 30 heavy (non-hydrogen) atoms. The molecule has 0 bridgehead atoms. The summed E-state index contributed by atoms with van der Waals surface area (Å²) in [6, 6.07) is 7.23. The van der Waals surface area contributed by atoms with Crippen molar-refractivity contribution in [2.45, 2.75) is 25.8 Å². The molecule has 2 aromatic rings. The van der Waals surface area contributed by atoms with Gasteiger partial charge in [0.1, 0.15) is 5.75 Å². The number of aryl methyl sites for hydroxylation is 2. The van der Waals surface area contributed by atoms with E-state index >= 15 is 0 Å². The second-order valence-corrected chi connectivity index (χ2v) is 7.70. The first-order valence-corrected chi connectivity index (χ1v) is 10.4. The van der Waals surface area contributed by atoms with Gasteiger partial charge in [0.25, 0.3) is 5.91 Å². The van der Waals surface area contributed by atoms with Crippen molar-refractivity contribution in [2.75, 3.05) is 40.0 Å². The number of methoxy groups -OCH3 is 1. The molecule has 1 fully saturated rings. The maximum atomic E-state index is 13.0. The van der Waals surface area contributed by atoms with Crippen LogP contribution >= 0.6 is 0 Å². The van der Waals surface area contributed by atoms with Crippen molar-refractivity contribution in [1.82, 2.24) is 19.6 Å². The Morgan fingerprint density at radius 1 is 1.17 bits per heavy atom. The molecule has 0 spiro atoms. The molecule has 1 aromatic carbocycles. The van der Waals surface area contributed by atoms with E-state index in [0.29, 0.717) is 63.5 Å². The van der Waals surface area contributed by atoms with Gasteiger partial charge in [0.15, 0.2) is 0 Å². The van der Waals surface area contributed by atoms with E-state index in [1.165, 1.54) is 0 Å². The molecule has 8 heteroatoms. The summed E-state index contributed by atoms with van der Waals surface area (Å²) in [5.41, 5.74) is 3.76. The Labute approximate surface area is 176 Å². The molecule has 1 saturated heterocycles. The van der Waals surface area contributed by atoms with Crippen LogP contribution in [0.5, 0.6) is 5.75 Å². The summed E-state index contributed by atoms with van der Waals surface area (Å²) in [6.07, 6.45) is 1.76. The normalized spacial score (nSPS) is 16.3. The monoisotopic (exact) mass is 412 g/mol. The third-order valence-corrected chi connectivity index (χ3v) is 5.87. The van der Waals surface area contributed by atoms with Gasteiger partial charge in [0.2, 0.25) is 5.91 Å². The lowest BCUT2D eigenvalue weighted by molar-refractivity contribution is -0.135. The topological polar surface area (TPSA) is 76.9 Å². The Hall–Kier alpha value is -2.87. The van der Waals surface area contributed by atoms with Crippen LogP contribution in [0.1, 0.15) is 33.7 Å². The lowest BCUT2D eigenvalue weighted by Crippen LogP contribution is -2.40. The van der Waals surface area contributed by atoms with Gasteiger partial charge in [-0.25, -0.2) is 0 Å². The van der Waals surface area contributed by atoms with Crippen LogP contribution < -0.4 is 4.74 Å². The van der Waals surface area contributed by atoms with Gasteiger partial charge in [-0.15, -0.1) is 0 Å². The maximum Gasteiger partial charge on any atom is 0.254 e. The third-order valence-electron chi connectivity index (χ3n) is 5.87. The maximum absolute atomic E-state index is 13.0. The molecule has 2 aliphatic heterocycles. The van der Waals surface area contributed by atoms with E-state index in [1.807, 2.05) is 39.7 Å². The van der Waals surface area contributed by atoms with Gasteiger partial charge >= 0.3 is 0 Å². The zero-order valence-electron chi connectivity index (χ0n) is 17.6. The molecule has 160 valence electrons. The second-order valence-electron chi connectivity index (χ2n) is 7.70. The molecule has 1 aromatic heterocycles. The number of carbonyl (C=O) groups is 2. The smallest absolute Gasteiger partial charge is 0.254 e. The number of rotatable bonds is 5. The first-order valence-electron chi connectivity index (χ1n) is 10.4. The SMILES string of the molecule is COc1cccc(C(=O)N2CCc3c(c(CCC(=O)N4CCOCC4)nn3C)C2)c1. The highest BCUT2D eigenvalue weighted by Gasteiger charge is 2.28. The molecule has 0 N–H and O–H groups in total. The summed E-state index contributed by atoms with van der Waals surface area (Å²) in [4.78, 5) is 29.3. The first-order chi connectivity index (χ1) is 14.6. The van der Waals surface area contributed by atoms with Gasteiger partial charge in [-0.2, -0.15) is 5.10 Å². The van der Waals surface area contributed by atoms with Crippen LogP contribution in [0.2, 0.25) is 0 Å². The summed E-state index contributed by atoms with van der Waals surface area (Å²) in [5, 5.41) is 4.67. The Bertz CT molecular complexity index is 933. The van der Waals surface area contributed by atoms with Crippen molar-refractivity contribution in [2.24, 2.45) is 7.05 Å². The Balaban J connectivity index is 1.46. The molecule has 2 amide bonds. The zero-order valence-corrected chi connectivity index (χ0v) is 17.6. The van der Waals surface area contributed by atoms with E-state index in [9.17, 15) is 9.59 Å². The second kappa shape index (κ2) is 8.87. The van der Waals surface area contributed by atoms with Crippen LogP contribution in [0.4, 0.5) is 0 Å². The van der Waals surface area contributed by atoms with Crippen LogP contribution in [0.3, 0.4) is 0 Å². The minimum absolute atomic E-state index is 0.0150. The van der Waals surface area contributed by atoms with Crippen LogP contribution in [-0.2, 0) is 36.0 Å². The van der Waals surface area contributed by atoms with E-state index in [2.05, 4.69) is 5.10 Å². The van der Waals surface area contributed by atoms with Crippen molar-refractivity contribution < 1.29 is 19.1 Å². The molecular weight excluding hydrogens is 384 g/mol. The average Bonchev–Trinajstić information content (AvgIpc) is 3.12. The van der Waals surface area contributed by atoms with Crippen LogP contribution in [0.25, 0.3) is 0 Å². The lowest BCUT2D eigenvalue weighted by Gasteiger charge is -2.28. The van der Waals surface area contributed by atoms with E-state index < -0.39 is 0 Å². The number of morpholine rings is 1. The average molecular weight is 412 g/mol. The Morgan fingerprint density at radius 2 is 1.97 bits per heavy atom. The first kappa shape index (κ1) is 20.4. The highest BCUT2D eigenvalue weighted by atomic mass is 16.5. The van der Waals surface area contributed by atoms with Gasteiger partial charge in [0, 0.05) is 69.3 Å². The number of hydrogen-bond donors (Lipinski definition) is 0. The van der Waals surface area contributed by atoms with Crippen molar-refractivity contribution >= 4 is 11.8 Å². The minimum Gasteiger partial charge on any atom is -0.497 e. The molecule has 0 unspecified atom stereocenters. The standard InChI is InChI=1S/C22H28N4O4/c1-24-20-8-9-26(22(28)16-4-3-5-17(14-16)29-2)15-18(20)19(23-24)6-7-21(27)25-10-12-30-13-11-25/h3-5,14H,6-13,15H2,1-2H3. The summed E-state index contributed by atoms with van der Waals surface area (Å²) < 4.78 is 12.5. The molecule has 8 nitrogen and oxygen atoms in total. The van der Waals surface area contributed by atoms with E-state index in [1.54, 1.807) is 13.2 Å². The molecule has 0 saturated carbocycles. The predicted octanol–water partition coefficient (Wildman–Crippen LogP) is 1.42.